The van der Waals surface area contributed by atoms with E-state index in [-0.39, 0.29) is 17.4 Å². The van der Waals surface area contributed by atoms with Crippen molar-refractivity contribution in [3.63, 3.8) is 0 Å². The van der Waals surface area contributed by atoms with E-state index in [0.29, 0.717) is 40.0 Å². The highest BCUT2D eigenvalue weighted by atomic mass is 16.5. The van der Waals surface area contributed by atoms with Crippen molar-refractivity contribution in [1.82, 2.24) is 14.8 Å². The third kappa shape index (κ3) is 4.15. The van der Waals surface area contributed by atoms with Crippen molar-refractivity contribution in [1.29, 1.82) is 0 Å². The first-order valence-electron chi connectivity index (χ1n) is 10.9. The van der Waals surface area contributed by atoms with Crippen LogP contribution in [-0.4, -0.2) is 38.0 Å². The highest BCUT2D eigenvalue weighted by Gasteiger charge is 2.34. The van der Waals surface area contributed by atoms with Gasteiger partial charge in [-0.25, -0.2) is 4.68 Å². The summed E-state index contributed by atoms with van der Waals surface area (Å²) in [7, 11) is 1.55. The number of fused-ring (bicyclic) bond motifs is 1. The molecule has 1 amide bonds. The molecule has 4 aromatic rings. The second-order valence-corrected chi connectivity index (χ2v) is 8.06. The van der Waals surface area contributed by atoms with Gasteiger partial charge in [-0.05, 0) is 61.0 Å². The third-order valence-corrected chi connectivity index (χ3v) is 5.79. The Bertz CT molecular complexity index is 1430. The number of hydrogen-bond acceptors (Lipinski definition) is 7. The maximum atomic E-state index is 13.6. The van der Waals surface area contributed by atoms with Gasteiger partial charge in [-0.2, -0.15) is 4.98 Å². The molecule has 5 rings (SSSR count). The summed E-state index contributed by atoms with van der Waals surface area (Å²) in [5.74, 6) is 1.38. The Labute approximate surface area is 201 Å². The highest BCUT2D eigenvalue weighted by molar-refractivity contribution is 6.06. The average Bonchev–Trinajstić information content (AvgIpc) is 3.28. The van der Waals surface area contributed by atoms with E-state index in [1.54, 1.807) is 72.5 Å². The van der Waals surface area contributed by atoms with E-state index in [2.05, 4.69) is 15.6 Å². The van der Waals surface area contributed by atoms with E-state index in [4.69, 9.17) is 9.84 Å². The molecule has 0 spiro atoms. The van der Waals surface area contributed by atoms with Crippen LogP contribution >= 0.6 is 0 Å². The number of phenols is 2. The Balaban J connectivity index is 1.59. The van der Waals surface area contributed by atoms with Crippen molar-refractivity contribution < 1.29 is 19.7 Å². The van der Waals surface area contributed by atoms with Gasteiger partial charge in [0.15, 0.2) is 5.82 Å². The summed E-state index contributed by atoms with van der Waals surface area (Å²) in [6.07, 6.45) is 0. The first-order valence-corrected chi connectivity index (χ1v) is 10.9. The fourth-order valence-corrected chi connectivity index (χ4v) is 4.08. The predicted octanol–water partition coefficient (Wildman–Crippen LogP) is 4.29. The molecule has 176 valence electrons. The summed E-state index contributed by atoms with van der Waals surface area (Å²) >= 11 is 0. The number of amides is 1. The molecule has 9 heteroatoms. The Hall–Kier alpha value is -4.79. The number of hydrogen-bond donors (Lipinski definition) is 4. The summed E-state index contributed by atoms with van der Waals surface area (Å²) in [5.41, 5.74) is 3.06. The Morgan fingerprint density at radius 2 is 1.66 bits per heavy atom. The number of rotatable bonds is 5. The van der Waals surface area contributed by atoms with Gasteiger partial charge in [0, 0.05) is 11.3 Å². The molecular weight excluding hydrogens is 446 g/mol. The molecule has 35 heavy (non-hydrogen) atoms. The van der Waals surface area contributed by atoms with Crippen LogP contribution in [0.25, 0.3) is 11.4 Å². The van der Waals surface area contributed by atoms with Gasteiger partial charge < -0.3 is 25.6 Å². The summed E-state index contributed by atoms with van der Waals surface area (Å²) in [4.78, 5) is 18.2. The number of nitrogens with zero attached hydrogens (tertiary/aromatic N) is 3. The maximum Gasteiger partial charge on any atom is 0.255 e. The van der Waals surface area contributed by atoms with Gasteiger partial charge in [0.1, 0.15) is 23.3 Å². The van der Waals surface area contributed by atoms with E-state index in [1.807, 2.05) is 19.1 Å². The molecule has 2 heterocycles. The largest absolute Gasteiger partial charge is 0.508 e. The van der Waals surface area contributed by atoms with Gasteiger partial charge in [0.25, 0.3) is 5.91 Å². The number of anilines is 2. The number of nitrogens with one attached hydrogen (secondary N) is 2. The van der Waals surface area contributed by atoms with Gasteiger partial charge in [-0.3, -0.25) is 4.79 Å². The minimum Gasteiger partial charge on any atom is -0.508 e. The van der Waals surface area contributed by atoms with Crippen LogP contribution in [0.4, 0.5) is 11.6 Å². The van der Waals surface area contributed by atoms with E-state index < -0.39 is 6.04 Å². The molecule has 9 nitrogen and oxygen atoms in total. The number of benzene rings is 3. The second-order valence-electron chi connectivity index (χ2n) is 8.06. The van der Waals surface area contributed by atoms with Crippen LogP contribution in [-0.2, 0) is 4.79 Å². The Kier molecular flexibility index (Phi) is 5.58. The number of aromatic nitrogens is 3. The van der Waals surface area contributed by atoms with E-state index in [1.165, 1.54) is 0 Å². The normalized spacial score (nSPS) is 14.7. The number of para-hydroxylation sites is 2. The quantitative estimate of drug-likeness (QED) is 0.344. The van der Waals surface area contributed by atoms with Crippen LogP contribution in [0.15, 0.2) is 84.1 Å². The molecule has 3 aromatic carbocycles. The van der Waals surface area contributed by atoms with Crippen LogP contribution < -0.4 is 15.4 Å². The van der Waals surface area contributed by atoms with Crippen LogP contribution in [0.1, 0.15) is 18.5 Å². The number of ether oxygens (including phenoxy) is 1. The minimum atomic E-state index is -0.611. The smallest absolute Gasteiger partial charge is 0.255 e. The molecule has 0 aliphatic carbocycles. The molecule has 0 fully saturated rings. The number of carbonyl (C=O) groups excluding carboxylic acids is 1. The van der Waals surface area contributed by atoms with Gasteiger partial charge >= 0.3 is 0 Å². The van der Waals surface area contributed by atoms with Gasteiger partial charge in [-0.1, -0.05) is 24.3 Å². The van der Waals surface area contributed by atoms with Crippen molar-refractivity contribution in [3.8, 4) is 28.6 Å². The lowest BCUT2D eigenvalue weighted by Gasteiger charge is -2.28. The number of allylic oxidation sites excluding steroid dienone is 1. The summed E-state index contributed by atoms with van der Waals surface area (Å²) < 4.78 is 7.03. The van der Waals surface area contributed by atoms with Crippen LogP contribution in [0.5, 0.6) is 17.2 Å². The topological polar surface area (TPSA) is 122 Å². The van der Waals surface area contributed by atoms with Crippen molar-refractivity contribution in [2.45, 2.75) is 13.0 Å². The van der Waals surface area contributed by atoms with Crippen molar-refractivity contribution in [3.05, 3.63) is 89.6 Å². The number of methoxy groups -OCH3 is 1. The molecule has 0 radical (unpaired) electrons. The van der Waals surface area contributed by atoms with E-state index in [0.717, 1.165) is 5.56 Å². The highest BCUT2D eigenvalue weighted by Crippen LogP contribution is 2.38. The lowest BCUT2D eigenvalue weighted by atomic mass is 9.95. The molecule has 1 aliphatic rings. The molecule has 0 saturated heterocycles. The fraction of sp³-hybridized carbons (Fsp3) is 0.115. The summed E-state index contributed by atoms with van der Waals surface area (Å²) in [5, 5.41) is 30.3. The van der Waals surface area contributed by atoms with E-state index >= 15 is 0 Å². The van der Waals surface area contributed by atoms with Gasteiger partial charge in [0.05, 0.1) is 18.4 Å². The van der Waals surface area contributed by atoms with Crippen molar-refractivity contribution in [2.75, 3.05) is 17.7 Å². The zero-order valence-electron chi connectivity index (χ0n) is 19.1. The van der Waals surface area contributed by atoms with Gasteiger partial charge in [0.2, 0.25) is 5.95 Å². The van der Waals surface area contributed by atoms with Crippen LogP contribution in [0, 0.1) is 0 Å². The third-order valence-electron chi connectivity index (χ3n) is 5.79. The summed E-state index contributed by atoms with van der Waals surface area (Å²) in [6, 6.07) is 19.8. The molecule has 0 saturated carbocycles. The molecule has 1 unspecified atom stereocenters. The number of aromatic hydroxyl groups is 2. The van der Waals surface area contributed by atoms with Crippen LogP contribution in [0.3, 0.4) is 0 Å². The Morgan fingerprint density at radius 1 is 1.00 bits per heavy atom. The zero-order valence-corrected chi connectivity index (χ0v) is 19.1. The molecule has 0 bridgehead atoms. The van der Waals surface area contributed by atoms with Gasteiger partial charge in [-0.15, -0.1) is 5.10 Å². The van der Waals surface area contributed by atoms with Crippen molar-refractivity contribution in [2.24, 2.45) is 0 Å². The predicted molar refractivity (Wildman–Crippen MR) is 131 cm³/mol. The maximum absolute atomic E-state index is 13.6. The number of carbonyl (C=O) groups is 1. The summed E-state index contributed by atoms with van der Waals surface area (Å²) in [6.45, 7) is 1.81. The lowest BCUT2D eigenvalue weighted by Crippen LogP contribution is -2.31. The molecule has 1 aliphatic heterocycles. The SMILES string of the molecule is COc1ccccc1NC(=O)C1=C(C)Nc2nc(-c3ccc(O)cc3)nn2C1c1ccc(O)cc1. The number of phenolic OH excluding ortho intramolecular Hbond substituents is 2. The Morgan fingerprint density at radius 3 is 2.34 bits per heavy atom. The fourth-order valence-electron chi connectivity index (χ4n) is 4.08. The monoisotopic (exact) mass is 469 g/mol. The first-order chi connectivity index (χ1) is 16.9. The standard InChI is InChI=1S/C26H23N5O4/c1-15-22(25(34)28-20-5-3-4-6-21(20)35-2)23(16-7-11-18(32)12-8-16)31-26(27-15)29-24(30-31)17-9-13-19(33)14-10-17/h3-14,23,32-33H,1-2H3,(H,28,34)(H,27,29,30). The van der Waals surface area contributed by atoms with Crippen molar-refractivity contribution >= 4 is 17.5 Å². The van der Waals surface area contributed by atoms with E-state index in [9.17, 15) is 15.0 Å². The first kappa shape index (κ1) is 22.0. The average molecular weight is 470 g/mol. The molecule has 1 aromatic heterocycles. The molecule has 1 atom stereocenters. The van der Waals surface area contributed by atoms with Crippen LogP contribution in [0.2, 0.25) is 0 Å². The minimum absolute atomic E-state index is 0.118. The second kappa shape index (κ2) is 8.86. The molecule has 4 N–H and O–H groups in total. The zero-order chi connectivity index (χ0) is 24.5. The molecular formula is C26H23N5O4. The lowest BCUT2D eigenvalue weighted by molar-refractivity contribution is -0.113.